The standard InChI is InChI=1S/C10H16N2O3S/c1-4-12(5-6-14-2)10-11-8(7-16-10)9(13)15-3/h7H,4-6H2,1-3H3. The first kappa shape index (κ1) is 12.9. The highest BCUT2D eigenvalue weighted by atomic mass is 32.1. The summed E-state index contributed by atoms with van der Waals surface area (Å²) >= 11 is 1.43. The van der Waals surface area contributed by atoms with Crippen molar-refractivity contribution in [1.29, 1.82) is 0 Å². The van der Waals surface area contributed by atoms with E-state index in [0.29, 0.717) is 12.3 Å². The Morgan fingerprint density at radius 2 is 2.31 bits per heavy atom. The number of thiazole rings is 1. The van der Waals surface area contributed by atoms with Gasteiger partial charge < -0.3 is 14.4 Å². The minimum absolute atomic E-state index is 0.360. The fraction of sp³-hybridized carbons (Fsp3) is 0.600. The Balaban J connectivity index is 2.70. The van der Waals surface area contributed by atoms with Crippen molar-refractivity contribution < 1.29 is 14.3 Å². The first-order valence-electron chi connectivity index (χ1n) is 5.00. The van der Waals surface area contributed by atoms with Gasteiger partial charge in [0.1, 0.15) is 0 Å². The molecule has 0 spiro atoms. The van der Waals surface area contributed by atoms with Crippen LogP contribution in [-0.4, -0.2) is 44.9 Å². The van der Waals surface area contributed by atoms with Crippen LogP contribution in [0, 0.1) is 0 Å². The van der Waals surface area contributed by atoms with E-state index >= 15 is 0 Å². The van der Waals surface area contributed by atoms with E-state index in [1.807, 2.05) is 6.92 Å². The van der Waals surface area contributed by atoms with Gasteiger partial charge in [-0.25, -0.2) is 9.78 Å². The lowest BCUT2D eigenvalue weighted by Gasteiger charge is -2.18. The molecule has 0 atom stereocenters. The summed E-state index contributed by atoms with van der Waals surface area (Å²) in [6, 6.07) is 0. The Morgan fingerprint density at radius 3 is 2.88 bits per heavy atom. The molecule has 5 nitrogen and oxygen atoms in total. The SMILES string of the molecule is CCN(CCOC)c1nc(C(=O)OC)cs1. The lowest BCUT2D eigenvalue weighted by atomic mass is 10.5. The number of methoxy groups -OCH3 is 2. The molecular formula is C10H16N2O3S. The van der Waals surface area contributed by atoms with Crippen molar-refractivity contribution in [3.05, 3.63) is 11.1 Å². The quantitative estimate of drug-likeness (QED) is 0.708. The smallest absolute Gasteiger partial charge is 0.357 e. The summed E-state index contributed by atoms with van der Waals surface area (Å²) in [5.41, 5.74) is 0.360. The molecule has 0 saturated carbocycles. The van der Waals surface area contributed by atoms with Gasteiger partial charge in [0.15, 0.2) is 10.8 Å². The third kappa shape index (κ3) is 3.18. The molecule has 0 amide bonds. The molecule has 0 aromatic carbocycles. The van der Waals surface area contributed by atoms with E-state index in [2.05, 4.69) is 14.6 Å². The fourth-order valence-electron chi connectivity index (χ4n) is 1.20. The van der Waals surface area contributed by atoms with Gasteiger partial charge in [-0.3, -0.25) is 0 Å². The predicted octanol–water partition coefficient (Wildman–Crippen LogP) is 1.40. The molecule has 1 rings (SSSR count). The van der Waals surface area contributed by atoms with Crippen molar-refractivity contribution >= 4 is 22.4 Å². The van der Waals surface area contributed by atoms with Crippen LogP contribution < -0.4 is 4.90 Å². The van der Waals surface area contributed by atoms with Crippen LogP contribution in [0.2, 0.25) is 0 Å². The van der Waals surface area contributed by atoms with Crippen molar-refractivity contribution in [1.82, 2.24) is 4.98 Å². The van der Waals surface area contributed by atoms with Gasteiger partial charge in [0.25, 0.3) is 0 Å². The molecule has 1 aromatic heterocycles. The zero-order valence-corrected chi connectivity index (χ0v) is 10.5. The second kappa shape index (κ2) is 6.44. The number of hydrogen-bond acceptors (Lipinski definition) is 6. The molecule has 0 saturated heterocycles. The van der Waals surface area contributed by atoms with Crippen molar-refractivity contribution in [3.8, 4) is 0 Å². The second-order valence-electron chi connectivity index (χ2n) is 3.08. The fourth-order valence-corrected chi connectivity index (χ4v) is 2.08. The summed E-state index contributed by atoms with van der Waals surface area (Å²) in [4.78, 5) is 17.5. The van der Waals surface area contributed by atoms with Gasteiger partial charge >= 0.3 is 5.97 Å². The number of rotatable bonds is 6. The largest absolute Gasteiger partial charge is 0.464 e. The van der Waals surface area contributed by atoms with E-state index in [1.165, 1.54) is 18.4 Å². The lowest BCUT2D eigenvalue weighted by molar-refractivity contribution is 0.0595. The first-order valence-corrected chi connectivity index (χ1v) is 5.88. The topological polar surface area (TPSA) is 51.7 Å². The molecule has 1 heterocycles. The van der Waals surface area contributed by atoms with Gasteiger partial charge in [-0.05, 0) is 6.92 Å². The van der Waals surface area contributed by atoms with Crippen LogP contribution in [0.5, 0.6) is 0 Å². The van der Waals surface area contributed by atoms with Crippen LogP contribution in [0.15, 0.2) is 5.38 Å². The third-order valence-corrected chi connectivity index (χ3v) is 3.01. The van der Waals surface area contributed by atoms with Gasteiger partial charge in [0.05, 0.1) is 13.7 Å². The van der Waals surface area contributed by atoms with Gasteiger partial charge in [0.2, 0.25) is 0 Å². The van der Waals surface area contributed by atoms with Crippen LogP contribution in [0.25, 0.3) is 0 Å². The molecule has 0 aliphatic rings. The summed E-state index contributed by atoms with van der Waals surface area (Å²) in [7, 11) is 3.01. The zero-order valence-electron chi connectivity index (χ0n) is 9.73. The third-order valence-electron chi connectivity index (χ3n) is 2.10. The molecule has 16 heavy (non-hydrogen) atoms. The summed E-state index contributed by atoms with van der Waals surface area (Å²) < 4.78 is 9.62. The summed E-state index contributed by atoms with van der Waals surface area (Å²) in [5, 5.41) is 2.52. The van der Waals surface area contributed by atoms with E-state index in [0.717, 1.165) is 18.2 Å². The zero-order chi connectivity index (χ0) is 12.0. The van der Waals surface area contributed by atoms with Crippen molar-refractivity contribution in [2.45, 2.75) is 6.92 Å². The number of ether oxygens (including phenoxy) is 2. The van der Waals surface area contributed by atoms with Gasteiger partial charge in [-0.2, -0.15) is 0 Å². The monoisotopic (exact) mass is 244 g/mol. The Morgan fingerprint density at radius 1 is 1.56 bits per heavy atom. The minimum atomic E-state index is -0.398. The molecule has 0 aliphatic carbocycles. The number of nitrogens with zero attached hydrogens (tertiary/aromatic N) is 2. The van der Waals surface area contributed by atoms with Gasteiger partial charge in [-0.15, -0.1) is 11.3 Å². The maximum atomic E-state index is 11.2. The Hall–Kier alpha value is -1.14. The maximum absolute atomic E-state index is 11.2. The van der Waals surface area contributed by atoms with Crippen LogP contribution in [0.4, 0.5) is 5.13 Å². The molecule has 0 N–H and O–H groups in total. The lowest BCUT2D eigenvalue weighted by Crippen LogP contribution is -2.26. The molecule has 6 heteroatoms. The van der Waals surface area contributed by atoms with Gasteiger partial charge in [-0.1, -0.05) is 0 Å². The Kier molecular flexibility index (Phi) is 5.21. The highest BCUT2D eigenvalue weighted by Crippen LogP contribution is 2.20. The molecule has 0 radical (unpaired) electrons. The number of hydrogen-bond donors (Lipinski definition) is 0. The summed E-state index contributed by atoms with van der Waals surface area (Å²) in [5.74, 6) is -0.398. The number of aromatic nitrogens is 1. The summed E-state index contributed by atoms with van der Waals surface area (Å²) in [6.07, 6.45) is 0. The number of anilines is 1. The highest BCUT2D eigenvalue weighted by Gasteiger charge is 2.14. The van der Waals surface area contributed by atoms with Gasteiger partial charge in [0, 0.05) is 25.6 Å². The minimum Gasteiger partial charge on any atom is -0.464 e. The van der Waals surface area contributed by atoms with Crippen LogP contribution >= 0.6 is 11.3 Å². The van der Waals surface area contributed by atoms with E-state index in [1.54, 1.807) is 12.5 Å². The molecule has 0 unspecified atom stereocenters. The van der Waals surface area contributed by atoms with Crippen molar-refractivity contribution in [2.75, 3.05) is 38.8 Å². The van der Waals surface area contributed by atoms with E-state index in [9.17, 15) is 4.79 Å². The molecule has 1 aromatic rings. The second-order valence-corrected chi connectivity index (χ2v) is 3.92. The maximum Gasteiger partial charge on any atom is 0.357 e. The van der Waals surface area contributed by atoms with Crippen molar-refractivity contribution in [2.24, 2.45) is 0 Å². The molecular weight excluding hydrogens is 228 g/mol. The molecule has 0 aliphatic heterocycles. The van der Waals surface area contributed by atoms with E-state index in [4.69, 9.17) is 4.74 Å². The molecule has 90 valence electrons. The first-order chi connectivity index (χ1) is 7.72. The van der Waals surface area contributed by atoms with Crippen LogP contribution in [0.1, 0.15) is 17.4 Å². The average Bonchev–Trinajstić information content (AvgIpc) is 2.78. The summed E-state index contributed by atoms with van der Waals surface area (Å²) in [6.45, 7) is 4.27. The Labute approximate surface area is 99.0 Å². The van der Waals surface area contributed by atoms with Crippen LogP contribution in [-0.2, 0) is 9.47 Å². The van der Waals surface area contributed by atoms with Crippen molar-refractivity contribution in [3.63, 3.8) is 0 Å². The van der Waals surface area contributed by atoms with Crippen LogP contribution in [0.3, 0.4) is 0 Å². The number of likely N-dealkylation sites (N-methyl/N-ethyl adjacent to an activating group) is 1. The number of esters is 1. The predicted molar refractivity (Wildman–Crippen MR) is 63.2 cm³/mol. The van der Waals surface area contributed by atoms with E-state index < -0.39 is 5.97 Å². The average molecular weight is 244 g/mol. The molecule has 0 bridgehead atoms. The highest BCUT2D eigenvalue weighted by molar-refractivity contribution is 7.13. The normalized spacial score (nSPS) is 10.2. The van der Waals surface area contributed by atoms with E-state index in [-0.39, 0.29) is 0 Å². The number of carbonyl (C=O) groups is 1. The molecule has 0 fully saturated rings. The Bertz CT molecular complexity index is 341. The number of carbonyl (C=O) groups excluding carboxylic acids is 1.